The van der Waals surface area contributed by atoms with Crippen LogP contribution in [0.15, 0.2) is 42.7 Å². The van der Waals surface area contributed by atoms with Crippen molar-refractivity contribution in [3.8, 4) is 0 Å². The Bertz CT molecular complexity index is 648. The minimum absolute atomic E-state index is 0.217. The number of nitrogens with zero attached hydrogens (tertiary/aromatic N) is 2. The number of anilines is 3. The second kappa shape index (κ2) is 6.47. The predicted molar refractivity (Wildman–Crippen MR) is 89.1 cm³/mol. The highest BCUT2D eigenvalue weighted by Crippen LogP contribution is 2.22. The molecule has 22 heavy (non-hydrogen) atoms. The van der Waals surface area contributed by atoms with Gasteiger partial charge in [-0.3, -0.25) is 9.78 Å². The molecule has 1 aromatic carbocycles. The summed E-state index contributed by atoms with van der Waals surface area (Å²) in [7, 11) is 0. The quantitative estimate of drug-likeness (QED) is 0.913. The Hall–Kier alpha value is -2.56. The van der Waals surface area contributed by atoms with E-state index < -0.39 is 0 Å². The van der Waals surface area contributed by atoms with Crippen LogP contribution in [0.1, 0.15) is 29.6 Å². The van der Waals surface area contributed by atoms with E-state index in [0.29, 0.717) is 11.3 Å². The van der Waals surface area contributed by atoms with Crippen LogP contribution in [0, 0.1) is 0 Å². The topological polar surface area (TPSA) is 71.2 Å². The molecule has 0 aliphatic carbocycles. The smallest absolute Gasteiger partial charge is 0.257 e. The highest BCUT2D eigenvalue weighted by Gasteiger charge is 2.12. The normalized spacial score (nSPS) is 14.6. The van der Waals surface area contributed by atoms with Crippen molar-refractivity contribution in [2.24, 2.45) is 0 Å². The summed E-state index contributed by atoms with van der Waals surface area (Å²) in [5.74, 6) is -0.217. The van der Waals surface area contributed by atoms with Crippen molar-refractivity contribution in [1.82, 2.24) is 4.98 Å². The Kier molecular flexibility index (Phi) is 4.23. The van der Waals surface area contributed by atoms with Crippen LogP contribution in [-0.4, -0.2) is 24.0 Å². The first-order chi connectivity index (χ1) is 10.7. The molecule has 1 aliphatic heterocycles. The van der Waals surface area contributed by atoms with Crippen molar-refractivity contribution in [2.45, 2.75) is 19.3 Å². The minimum atomic E-state index is -0.217. The Balaban J connectivity index is 1.68. The lowest BCUT2D eigenvalue weighted by atomic mass is 10.1. The molecule has 1 fully saturated rings. The fraction of sp³-hybridized carbons (Fsp3) is 0.294. The molecule has 5 nitrogen and oxygen atoms in total. The zero-order chi connectivity index (χ0) is 15.4. The number of piperidine rings is 1. The van der Waals surface area contributed by atoms with Crippen LogP contribution in [0.25, 0.3) is 0 Å². The Morgan fingerprint density at radius 2 is 1.82 bits per heavy atom. The first-order valence-electron chi connectivity index (χ1n) is 7.60. The van der Waals surface area contributed by atoms with Gasteiger partial charge in [0.25, 0.3) is 5.91 Å². The molecule has 0 saturated carbocycles. The molecular weight excluding hydrogens is 276 g/mol. The number of nitrogens with two attached hydrogens (primary N) is 1. The van der Waals surface area contributed by atoms with Crippen LogP contribution in [-0.2, 0) is 0 Å². The molecule has 114 valence electrons. The molecule has 0 radical (unpaired) electrons. The number of hydrogen-bond donors (Lipinski definition) is 2. The van der Waals surface area contributed by atoms with E-state index in [1.807, 2.05) is 12.1 Å². The van der Waals surface area contributed by atoms with Crippen LogP contribution >= 0.6 is 0 Å². The van der Waals surface area contributed by atoms with E-state index in [1.54, 1.807) is 12.3 Å². The Morgan fingerprint density at radius 3 is 2.50 bits per heavy atom. The van der Waals surface area contributed by atoms with E-state index in [2.05, 4.69) is 27.3 Å². The number of aromatic nitrogens is 1. The second-order valence-corrected chi connectivity index (χ2v) is 5.51. The molecule has 1 amide bonds. The maximum absolute atomic E-state index is 12.2. The van der Waals surface area contributed by atoms with Crippen molar-refractivity contribution in [1.29, 1.82) is 0 Å². The number of benzene rings is 1. The largest absolute Gasteiger partial charge is 0.397 e. The third kappa shape index (κ3) is 3.19. The Labute approximate surface area is 130 Å². The molecule has 2 heterocycles. The molecule has 5 heteroatoms. The second-order valence-electron chi connectivity index (χ2n) is 5.51. The molecule has 0 bridgehead atoms. The van der Waals surface area contributed by atoms with Gasteiger partial charge in [0.2, 0.25) is 0 Å². The number of rotatable bonds is 3. The molecule has 3 rings (SSSR count). The van der Waals surface area contributed by atoms with Gasteiger partial charge in [-0.25, -0.2) is 0 Å². The fourth-order valence-electron chi connectivity index (χ4n) is 2.72. The third-order valence-corrected chi connectivity index (χ3v) is 3.94. The van der Waals surface area contributed by atoms with E-state index in [4.69, 9.17) is 5.73 Å². The van der Waals surface area contributed by atoms with E-state index in [-0.39, 0.29) is 5.91 Å². The molecule has 1 aromatic heterocycles. The lowest BCUT2D eigenvalue weighted by molar-refractivity contribution is 0.102. The number of nitrogen functional groups attached to an aromatic ring is 1. The maximum Gasteiger partial charge on any atom is 0.257 e. The standard InChI is InChI=1S/C17H20N4O/c18-16-12-19-9-8-15(16)17(22)20-13-4-6-14(7-5-13)21-10-2-1-3-11-21/h4-9,12H,1-3,10-11,18H2,(H,20,22). The highest BCUT2D eigenvalue weighted by atomic mass is 16.1. The molecule has 1 aliphatic rings. The summed E-state index contributed by atoms with van der Waals surface area (Å²) in [6, 6.07) is 9.58. The van der Waals surface area contributed by atoms with Crippen LogP contribution in [0.5, 0.6) is 0 Å². The van der Waals surface area contributed by atoms with Crippen LogP contribution in [0.3, 0.4) is 0 Å². The highest BCUT2D eigenvalue weighted by molar-refractivity contribution is 6.07. The molecule has 3 N–H and O–H groups in total. The number of amides is 1. The molecule has 0 atom stereocenters. The van der Waals surface area contributed by atoms with E-state index in [0.717, 1.165) is 18.8 Å². The first kappa shape index (κ1) is 14.4. The first-order valence-corrected chi connectivity index (χ1v) is 7.60. The summed E-state index contributed by atoms with van der Waals surface area (Å²) in [5, 5.41) is 2.86. The van der Waals surface area contributed by atoms with Gasteiger partial charge in [-0.15, -0.1) is 0 Å². The zero-order valence-electron chi connectivity index (χ0n) is 12.5. The average molecular weight is 296 g/mol. The average Bonchev–Trinajstić information content (AvgIpc) is 2.57. The van der Waals surface area contributed by atoms with E-state index in [1.165, 1.54) is 31.1 Å². The Morgan fingerprint density at radius 1 is 1.09 bits per heavy atom. The van der Waals surface area contributed by atoms with Gasteiger partial charge >= 0.3 is 0 Å². The lowest BCUT2D eigenvalue weighted by Gasteiger charge is -2.28. The van der Waals surface area contributed by atoms with Gasteiger partial charge in [-0.05, 0) is 49.6 Å². The molecule has 0 spiro atoms. The van der Waals surface area contributed by atoms with Crippen molar-refractivity contribution < 1.29 is 4.79 Å². The van der Waals surface area contributed by atoms with Crippen LogP contribution in [0.4, 0.5) is 17.1 Å². The van der Waals surface area contributed by atoms with Crippen molar-refractivity contribution in [3.05, 3.63) is 48.3 Å². The number of nitrogens with one attached hydrogen (secondary N) is 1. The lowest BCUT2D eigenvalue weighted by Crippen LogP contribution is -2.29. The van der Waals surface area contributed by atoms with Gasteiger partial charge in [0.15, 0.2) is 0 Å². The number of carbonyl (C=O) groups is 1. The van der Waals surface area contributed by atoms with Crippen molar-refractivity contribution in [2.75, 3.05) is 29.0 Å². The fourth-order valence-corrected chi connectivity index (χ4v) is 2.72. The monoisotopic (exact) mass is 296 g/mol. The number of hydrogen-bond acceptors (Lipinski definition) is 4. The van der Waals surface area contributed by atoms with Gasteiger partial charge in [-0.1, -0.05) is 0 Å². The van der Waals surface area contributed by atoms with Gasteiger partial charge < -0.3 is 16.0 Å². The van der Waals surface area contributed by atoms with Crippen molar-refractivity contribution >= 4 is 23.0 Å². The number of carbonyl (C=O) groups excluding carboxylic acids is 1. The third-order valence-electron chi connectivity index (χ3n) is 3.94. The summed E-state index contributed by atoms with van der Waals surface area (Å²) >= 11 is 0. The summed E-state index contributed by atoms with van der Waals surface area (Å²) in [6.07, 6.45) is 6.86. The predicted octanol–water partition coefficient (Wildman–Crippen LogP) is 2.91. The van der Waals surface area contributed by atoms with E-state index >= 15 is 0 Å². The van der Waals surface area contributed by atoms with E-state index in [9.17, 15) is 4.79 Å². The van der Waals surface area contributed by atoms with Crippen LogP contribution < -0.4 is 16.0 Å². The molecule has 2 aromatic rings. The van der Waals surface area contributed by atoms with Crippen molar-refractivity contribution in [3.63, 3.8) is 0 Å². The SMILES string of the molecule is Nc1cnccc1C(=O)Nc1ccc(N2CCCCC2)cc1. The number of pyridine rings is 1. The van der Waals surface area contributed by atoms with Gasteiger partial charge in [-0.2, -0.15) is 0 Å². The van der Waals surface area contributed by atoms with Gasteiger partial charge in [0.1, 0.15) is 0 Å². The summed E-state index contributed by atoms with van der Waals surface area (Å²) in [4.78, 5) is 18.5. The maximum atomic E-state index is 12.2. The molecule has 0 unspecified atom stereocenters. The molecular formula is C17H20N4O. The zero-order valence-corrected chi connectivity index (χ0v) is 12.5. The van der Waals surface area contributed by atoms with Gasteiger partial charge in [0, 0.05) is 30.7 Å². The van der Waals surface area contributed by atoms with Gasteiger partial charge in [0.05, 0.1) is 17.4 Å². The molecule has 1 saturated heterocycles. The summed E-state index contributed by atoms with van der Waals surface area (Å²) in [5.41, 5.74) is 8.56. The minimum Gasteiger partial charge on any atom is -0.397 e. The van der Waals surface area contributed by atoms with Crippen LogP contribution in [0.2, 0.25) is 0 Å². The summed E-state index contributed by atoms with van der Waals surface area (Å²) < 4.78 is 0. The summed E-state index contributed by atoms with van der Waals surface area (Å²) in [6.45, 7) is 2.22.